The average molecular weight is 356 g/mol. The lowest BCUT2D eigenvalue weighted by atomic mass is 10.2. The van der Waals surface area contributed by atoms with Crippen molar-refractivity contribution in [3.63, 3.8) is 0 Å². The highest BCUT2D eigenvalue weighted by molar-refractivity contribution is 9.10. The van der Waals surface area contributed by atoms with Crippen LogP contribution in [-0.4, -0.2) is 11.0 Å². The SMILES string of the molecule is CC(C)NCc1cc(Cl)ccc1Oc1cncc(Br)c1. The molecule has 0 bridgehead atoms. The van der Waals surface area contributed by atoms with Gasteiger partial charge in [-0.2, -0.15) is 0 Å². The van der Waals surface area contributed by atoms with Crippen molar-refractivity contribution in [2.45, 2.75) is 26.4 Å². The predicted octanol–water partition coefficient (Wildman–Crippen LogP) is 4.79. The van der Waals surface area contributed by atoms with Crippen molar-refractivity contribution in [1.82, 2.24) is 10.3 Å². The third kappa shape index (κ3) is 4.47. The second kappa shape index (κ2) is 7.07. The van der Waals surface area contributed by atoms with Crippen molar-refractivity contribution >= 4 is 27.5 Å². The zero-order valence-electron chi connectivity index (χ0n) is 11.4. The number of ether oxygens (including phenoxy) is 1. The number of benzene rings is 1. The molecule has 1 aromatic carbocycles. The Kier molecular flexibility index (Phi) is 5.40. The summed E-state index contributed by atoms with van der Waals surface area (Å²) >= 11 is 9.44. The first-order chi connectivity index (χ1) is 9.54. The molecule has 0 aliphatic heterocycles. The fraction of sp³-hybridized carbons (Fsp3) is 0.267. The van der Waals surface area contributed by atoms with Crippen molar-refractivity contribution in [3.05, 3.63) is 51.7 Å². The third-order valence-electron chi connectivity index (χ3n) is 2.63. The molecule has 1 heterocycles. The Balaban J connectivity index is 2.21. The van der Waals surface area contributed by atoms with Gasteiger partial charge in [-0.1, -0.05) is 25.4 Å². The van der Waals surface area contributed by atoms with Gasteiger partial charge in [-0.05, 0) is 40.2 Å². The number of pyridine rings is 1. The van der Waals surface area contributed by atoms with Gasteiger partial charge in [0.2, 0.25) is 0 Å². The molecular formula is C15H16BrClN2O. The Hall–Kier alpha value is -1.10. The second-order valence-corrected chi connectivity index (χ2v) is 6.08. The van der Waals surface area contributed by atoms with Crippen LogP contribution in [0.3, 0.4) is 0 Å². The topological polar surface area (TPSA) is 34.1 Å². The molecule has 0 aliphatic rings. The van der Waals surface area contributed by atoms with Crippen molar-refractivity contribution < 1.29 is 4.74 Å². The molecule has 0 atom stereocenters. The summed E-state index contributed by atoms with van der Waals surface area (Å²) in [5.41, 5.74) is 1.02. The smallest absolute Gasteiger partial charge is 0.146 e. The summed E-state index contributed by atoms with van der Waals surface area (Å²) in [6.07, 6.45) is 3.40. The highest BCUT2D eigenvalue weighted by Gasteiger charge is 2.07. The van der Waals surface area contributed by atoms with Gasteiger partial charge in [-0.25, -0.2) is 0 Å². The van der Waals surface area contributed by atoms with Crippen LogP contribution in [0.1, 0.15) is 19.4 Å². The first-order valence-electron chi connectivity index (χ1n) is 6.35. The molecule has 3 nitrogen and oxygen atoms in total. The largest absolute Gasteiger partial charge is 0.455 e. The minimum atomic E-state index is 0.398. The van der Waals surface area contributed by atoms with E-state index in [9.17, 15) is 0 Å². The van der Waals surface area contributed by atoms with Crippen LogP contribution in [0.5, 0.6) is 11.5 Å². The average Bonchev–Trinajstić information content (AvgIpc) is 2.39. The molecule has 0 fully saturated rings. The number of rotatable bonds is 5. The highest BCUT2D eigenvalue weighted by Crippen LogP contribution is 2.28. The summed E-state index contributed by atoms with van der Waals surface area (Å²) in [6.45, 7) is 4.90. The standard InChI is InChI=1S/C15H16BrClN2O/c1-10(2)19-7-11-5-13(17)3-4-15(11)20-14-6-12(16)8-18-9-14/h3-6,8-10,19H,7H2,1-2H3. The fourth-order valence-corrected chi connectivity index (χ4v) is 2.21. The van der Waals surface area contributed by atoms with Crippen LogP contribution >= 0.6 is 27.5 Å². The van der Waals surface area contributed by atoms with Crippen molar-refractivity contribution in [3.8, 4) is 11.5 Å². The van der Waals surface area contributed by atoms with E-state index in [-0.39, 0.29) is 0 Å². The minimum Gasteiger partial charge on any atom is -0.455 e. The lowest BCUT2D eigenvalue weighted by molar-refractivity contribution is 0.467. The number of aromatic nitrogens is 1. The second-order valence-electron chi connectivity index (χ2n) is 4.73. The lowest BCUT2D eigenvalue weighted by Crippen LogP contribution is -2.22. The lowest BCUT2D eigenvalue weighted by Gasteiger charge is -2.14. The van der Waals surface area contributed by atoms with E-state index in [2.05, 4.69) is 40.1 Å². The van der Waals surface area contributed by atoms with E-state index in [0.717, 1.165) is 15.8 Å². The van der Waals surface area contributed by atoms with Gasteiger partial charge in [-0.3, -0.25) is 4.98 Å². The molecule has 2 aromatic rings. The van der Waals surface area contributed by atoms with Gasteiger partial charge >= 0.3 is 0 Å². The van der Waals surface area contributed by atoms with Gasteiger partial charge in [-0.15, -0.1) is 0 Å². The molecule has 1 N–H and O–H groups in total. The number of nitrogens with one attached hydrogen (secondary N) is 1. The molecule has 2 rings (SSSR count). The van der Waals surface area contributed by atoms with Gasteiger partial charge in [0.25, 0.3) is 0 Å². The maximum atomic E-state index is 6.06. The van der Waals surface area contributed by atoms with Crippen LogP contribution in [-0.2, 0) is 6.54 Å². The zero-order valence-corrected chi connectivity index (χ0v) is 13.7. The van der Waals surface area contributed by atoms with E-state index >= 15 is 0 Å². The monoisotopic (exact) mass is 354 g/mol. The summed E-state index contributed by atoms with van der Waals surface area (Å²) in [6, 6.07) is 7.88. The normalized spacial score (nSPS) is 10.8. The zero-order chi connectivity index (χ0) is 14.5. The van der Waals surface area contributed by atoms with Crippen LogP contribution in [0.15, 0.2) is 41.1 Å². The maximum Gasteiger partial charge on any atom is 0.146 e. The van der Waals surface area contributed by atoms with Crippen molar-refractivity contribution in [2.24, 2.45) is 0 Å². The fourth-order valence-electron chi connectivity index (χ4n) is 1.67. The predicted molar refractivity (Wildman–Crippen MR) is 85.4 cm³/mol. The van der Waals surface area contributed by atoms with E-state index in [0.29, 0.717) is 23.4 Å². The van der Waals surface area contributed by atoms with Crippen LogP contribution < -0.4 is 10.1 Å². The Labute approximate surface area is 132 Å². The molecule has 0 unspecified atom stereocenters. The van der Waals surface area contributed by atoms with E-state index in [1.165, 1.54) is 0 Å². The number of hydrogen-bond acceptors (Lipinski definition) is 3. The van der Waals surface area contributed by atoms with Gasteiger partial charge < -0.3 is 10.1 Å². The third-order valence-corrected chi connectivity index (χ3v) is 3.30. The molecular weight excluding hydrogens is 340 g/mol. The summed E-state index contributed by atoms with van der Waals surface area (Å²) in [5.74, 6) is 1.47. The van der Waals surface area contributed by atoms with Gasteiger partial charge in [0.1, 0.15) is 11.5 Å². The molecule has 0 amide bonds. The molecule has 0 aliphatic carbocycles. The van der Waals surface area contributed by atoms with Gasteiger partial charge in [0, 0.05) is 33.8 Å². The number of nitrogens with zero attached hydrogens (tertiary/aromatic N) is 1. The molecule has 0 saturated carbocycles. The molecule has 0 radical (unpaired) electrons. The number of halogens is 2. The summed E-state index contributed by atoms with van der Waals surface area (Å²) in [7, 11) is 0. The molecule has 0 saturated heterocycles. The van der Waals surface area contributed by atoms with Crippen LogP contribution in [0, 0.1) is 0 Å². The molecule has 5 heteroatoms. The van der Waals surface area contributed by atoms with Crippen molar-refractivity contribution in [2.75, 3.05) is 0 Å². The Morgan fingerprint density at radius 2 is 2.10 bits per heavy atom. The summed E-state index contributed by atoms with van der Waals surface area (Å²) in [4.78, 5) is 4.09. The van der Waals surface area contributed by atoms with E-state index < -0.39 is 0 Å². The maximum absolute atomic E-state index is 6.06. The quantitative estimate of drug-likeness (QED) is 0.837. The highest BCUT2D eigenvalue weighted by atomic mass is 79.9. The summed E-state index contributed by atoms with van der Waals surface area (Å²) < 4.78 is 6.77. The molecule has 1 aromatic heterocycles. The number of hydrogen-bond donors (Lipinski definition) is 1. The minimum absolute atomic E-state index is 0.398. The molecule has 20 heavy (non-hydrogen) atoms. The van der Waals surface area contributed by atoms with Gasteiger partial charge in [0.15, 0.2) is 0 Å². The van der Waals surface area contributed by atoms with Gasteiger partial charge in [0.05, 0.1) is 6.20 Å². The Bertz CT molecular complexity index is 590. The first kappa shape index (κ1) is 15.3. The molecule has 0 spiro atoms. The Morgan fingerprint density at radius 3 is 2.80 bits per heavy atom. The summed E-state index contributed by atoms with van der Waals surface area (Å²) in [5, 5.41) is 4.06. The van der Waals surface area contributed by atoms with E-state index in [1.807, 2.05) is 24.3 Å². The van der Waals surface area contributed by atoms with Crippen LogP contribution in [0.2, 0.25) is 5.02 Å². The van der Waals surface area contributed by atoms with E-state index in [4.69, 9.17) is 16.3 Å². The van der Waals surface area contributed by atoms with E-state index in [1.54, 1.807) is 12.4 Å². The van der Waals surface area contributed by atoms with Crippen LogP contribution in [0.25, 0.3) is 0 Å². The van der Waals surface area contributed by atoms with Crippen LogP contribution in [0.4, 0.5) is 0 Å². The van der Waals surface area contributed by atoms with Crippen molar-refractivity contribution in [1.29, 1.82) is 0 Å². The first-order valence-corrected chi connectivity index (χ1v) is 7.52. The Morgan fingerprint density at radius 1 is 1.30 bits per heavy atom. The molecule has 106 valence electrons.